The summed E-state index contributed by atoms with van der Waals surface area (Å²) < 4.78 is 0. The Morgan fingerprint density at radius 1 is 1.22 bits per heavy atom. The van der Waals surface area contributed by atoms with E-state index in [1.165, 1.54) is 14.7 Å². The molecule has 2 N–H and O–H groups in total. The maximum atomic E-state index is 11.8. The minimum absolute atomic E-state index is 0. The van der Waals surface area contributed by atoms with Gasteiger partial charge in [0.1, 0.15) is 6.54 Å². The SMILES string of the molecule is CN(C)C(=O)CN=C(NCCSc1ccc(Cl)cc1)NCc1cccs1.I. The van der Waals surface area contributed by atoms with Crippen molar-refractivity contribution in [2.45, 2.75) is 11.4 Å². The molecular weight excluding hydrogens is 515 g/mol. The number of amides is 1. The second kappa shape index (κ2) is 13.2. The van der Waals surface area contributed by atoms with E-state index in [9.17, 15) is 4.79 Å². The number of halogens is 2. The molecule has 0 saturated heterocycles. The van der Waals surface area contributed by atoms with Crippen LogP contribution in [0.15, 0.2) is 51.7 Å². The summed E-state index contributed by atoms with van der Waals surface area (Å²) in [5, 5.41) is 9.34. The molecule has 0 aliphatic carbocycles. The summed E-state index contributed by atoms with van der Waals surface area (Å²) in [6, 6.07) is 11.9. The van der Waals surface area contributed by atoms with Crippen molar-refractivity contribution in [2.24, 2.45) is 4.99 Å². The van der Waals surface area contributed by atoms with E-state index in [1.54, 1.807) is 37.2 Å². The number of likely N-dealkylation sites (N-methyl/N-ethyl adjacent to an activating group) is 1. The molecule has 0 radical (unpaired) electrons. The molecule has 0 aliphatic heterocycles. The van der Waals surface area contributed by atoms with Crippen LogP contribution in [0.2, 0.25) is 5.02 Å². The number of rotatable bonds is 8. The van der Waals surface area contributed by atoms with Gasteiger partial charge in [-0.1, -0.05) is 17.7 Å². The standard InChI is InChI=1S/C18H23ClN4OS2.HI/c1-23(2)17(24)13-22-18(21-12-16-4-3-10-25-16)20-9-11-26-15-7-5-14(19)6-8-15;/h3-8,10H,9,11-13H2,1-2H3,(H2,20,21,22);1H. The summed E-state index contributed by atoms with van der Waals surface area (Å²) in [5.41, 5.74) is 0. The zero-order valence-electron chi connectivity index (χ0n) is 15.3. The Kier molecular flexibility index (Phi) is 11.8. The number of hydrogen-bond acceptors (Lipinski definition) is 4. The lowest BCUT2D eigenvalue weighted by atomic mass is 10.4. The van der Waals surface area contributed by atoms with Crippen molar-refractivity contribution in [3.63, 3.8) is 0 Å². The van der Waals surface area contributed by atoms with Gasteiger partial charge in [0.05, 0.1) is 6.54 Å². The molecule has 148 valence electrons. The summed E-state index contributed by atoms with van der Waals surface area (Å²) in [6.07, 6.45) is 0. The van der Waals surface area contributed by atoms with E-state index >= 15 is 0 Å². The van der Waals surface area contributed by atoms with E-state index in [-0.39, 0.29) is 36.4 Å². The molecule has 2 aromatic rings. The van der Waals surface area contributed by atoms with Gasteiger partial charge < -0.3 is 15.5 Å². The summed E-state index contributed by atoms with van der Waals surface area (Å²) in [4.78, 5) is 20.1. The van der Waals surface area contributed by atoms with Crippen LogP contribution in [-0.4, -0.2) is 49.7 Å². The summed E-state index contributed by atoms with van der Waals surface area (Å²) in [7, 11) is 3.46. The molecule has 0 aliphatic rings. The van der Waals surface area contributed by atoms with Gasteiger partial charge in [0.2, 0.25) is 5.91 Å². The number of thiophene rings is 1. The van der Waals surface area contributed by atoms with Crippen molar-refractivity contribution in [3.05, 3.63) is 51.7 Å². The molecule has 5 nitrogen and oxygen atoms in total. The summed E-state index contributed by atoms with van der Waals surface area (Å²) >= 11 is 9.32. The van der Waals surface area contributed by atoms with Crippen LogP contribution in [0.5, 0.6) is 0 Å². The van der Waals surface area contributed by atoms with Crippen molar-refractivity contribution in [2.75, 3.05) is 32.9 Å². The zero-order chi connectivity index (χ0) is 18.8. The highest BCUT2D eigenvalue weighted by Gasteiger charge is 2.05. The summed E-state index contributed by atoms with van der Waals surface area (Å²) in [5.74, 6) is 1.49. The van der Waals surface area contributed by atoms with E-state index in [2.05, 4.69) is 21.7 Å². The van der Waals surface area contributed by atoms with Crippen LogP contribution in [0.1, 0.15) is 4.88 Å². The fraction of sp³-hybridized carbons (Fsp3) is 0.333. The number of guanidine groups is 1. The first kappa shape index (κ1) is 24.1. The lowest BCUT2D eigenvalue weighted by molar-refractivity contribution is -0.127. The summed E-state index contributed by atoms with van der Waals surface area (Å²) in [6.45, 7) is 1.54. The predicted molar refractivity (Wildman–Crippen MR) is 128 cm³/mol. The highest BCUT2D eigenvalue weighted by atomic mass is 127. The third-order valence-electron chi connectivity index (χ3n) is 3.36. The number of carbonyl (C=O) groups excluding carboxylic acids is 1. The molecule has 9 heteroatoms. The van der Waals surface area contributed by atoms with E-state index in [1.807, 2.05) is 35.7 Å². The largest absolute Gasteiger partial charge is 0.356 e. The Balaban J connectivity index is 0.00000364. The highest BCUT2D eigenvalue weighted by Crippen LogP contribution is 2.19. The first-order valence-electron chi connectivity index (χ1n) is 8.17. The molecule has 0 bridgehead atoms. The normalized spacial score (nSPS) is 10.9. The number of aliphatic imine (C=N–C) groups is 1. The quantitative estimate of drug-likeness (QED) is 0.176. The fourth-order valence-corrected chi connectivity index (χ4v) is 3.45. The lowest BCUT2D eigenvalue weighted by Gasteiger charge is -2.13. The second-order valence-corrected chi connectivity index (χ2v) is 8.25. The molecule has 0 atom stereocenters. The number of thioether (sulfide) groups is 1. The van der Waals surface area contributed by atoms with Crippen LogP contribution in [0.4, 0.5) is 0 Å². The molecule has 2 rings (SSSR count). The molecule has 0 unspecified atom stereocenters. The van der Waals surface area contributed by atoms with E-state index < -0.39 is 0 Å². The monoisotopic (exact) mass is 538 g/mol. The second-order valence-electron chi connectivity index (χ2n) is 5.62. The average Bonchev–Trinajstić information content (AvgIpc) is 3.15. The maximum absolute atomic E-state index is 11.8. The average molecular weight is 539 g/mol. The first-order valence-corrected chi connectivity index (χ1v) is 10.4. The number of nitrogens with zero attached hydrogens (tertiary/aromatic N) is 2. The number of benzene rings is 1. The number of carbonyl (C=O) groups is 1. The molecular formula is C18H24ClIN4OS2. The lowest BCUT2D eigenvalue weighted by Crippen LogP contribution is -2.39. The van der Waals surface area contributed by atoms with Crippen LogP contribution in [0.3, 0.4) is 0 Å². The molecule has 0 fully saturated rings. The zero-order valence-corrected chi connectivity index (χ0v) is 20.0. The maximum Gasteiger partial charge on any atom is 0.243 e. The smallest absolute Gasteiger partial charge is 0.243 e. The molecule has 1 aromatic heterocycles. The first-order chi connectivity index (χ1) is 12.5. The Hall–Kier alpha value is -0.970. The molecule has 0 saturated carbocycles. The molecule has 0 spiro atoms. The van der Waals surface area contributed by atoms with Gasteiger partial charge in [-0.3, -0.25) is 4.79 Å². The Morgan fingerprint density at radius 3 is 2.59 bits per heavy atom. The Bertz CT molecular complexity index is 709. The van der Waals surface area contributed by atoms with Crippen molar-refractivity contribution in [1.82, 2.24) is 15.5 Å². The number of nitrogens with one attached hydrogen (secondary N) is 2. The molecule has 1 heterocycles. The van der Waals surface area contributed by atoms with Crippen LogP contribution in [-0.2, 0) is 11.3 Å². The van der Waals surface area contributed by atoms with Crippen LogP contribution >= 0.6 is 58.7 Å². The Labute approximate surface area is 191 Å². The van der Waals surface area contributed by atoms with Gasteiger partial charge in [0.15, 0.2) is 5.96 Å². The Morgan fingerprint density at radius 2 is 1.96 bits per heavy atom. The fourth-order valence-electron chi connectivity index (χ4n) is 1.92. The van der Waals surface area contributed by atoms with Gasteiger partial charge >= 0.3 is 0 Å². The van der Waals surface area contributed by atoms with Gasteiger partial charge in [-0.15, -0.1) is 47.1 Å². The predicted octanol–water partition coefficient (Wildman–Crippen LogP) is 3.94. The highest BCUT2D eigenvalue weighted by molar-refractivity contribution is 14.0. The van der Waals surface area contributed by atoms with Gasteiger partial charge in [-0.25, -0.2) is 4.99 Å². The third-order valence-corrected chi connectivity index (χ3v) is 5.50. The third kappa shape index (κ3) is 9.68. The van der Waals surface area contributed by atoms with Gasteiger partial charge in [0.25, 0.3) is 0 Å². The van der Waals surface area contributed by atoms with Crippen LogP contribution in [0.25, 0.3) is 0 Å². The van der Waals surface area contributed by atoms with E-state index in [4.69, 9.17) is 11.6 Å². The molecule has 27 heavy (non-hydrogen) atoms. The number of hydrogen-bond donors (Lipinski definition) is 2. The van der Waals surface area contributed by atoms with Crippen LogP contribution in [0, 0.1) is 0 Å². The van der Waals surface area contributed by atoms with E-state index in [0.717, 1.165) is 17.3 Å². The molecule has 1 amide bonds. The van der Waals surface area contributed by atoms with Crippen molar-refractivity contribution >= 4 is 70.5 Å². The van der Waals surface area contributed by atoms with E-state index in [0.29, 0.717) is 12.5 Å². The topological polar surface area (TPSA) is 56.7 Å². The minimum atomic E-state index is -0.0298. The van der Waals surface area contributed by atoms with Crippen LogP contribution < -0.4 is 10.6 Å². The van der Waals surface area contributed by atoms with Crippen molar-refractivity contribution < 1.29 is 4.79 Å². The van der Waals surface area contributed by atoms with Crippen molar-refractivity contribution in [3.8, 4) is 0 Å². The minimum Gasteiger partial charge on any atom is -0.356 e. The van der Waals surface area contributed by atoms with Gasteiger partial charge in [0, 0.05) is 41.2 Å². The van der Waals surface area contributed by atoms with Crippen molar-refractivity contribution in [1.29, 1.82) is 0 Å². The van der Waals surface area contributed by atoms with Gasteiger partial charge in [-0.2, -0.15) is 0 Å². The van der Waals surface area contributed by atoms with Gasteiger partial charge in [-0.05, 0) is 35.7 Å². The molecule has 1 aromatic carbocycles.